The van der Waals surface area contributed by atoms with Crippen molar-refractivity contribution in [1.29, 1.82) is 0 Å². The van der Waals surface area contributed by atoms with Crippen LogP contribution in [0.3, 0.4) is 0 Å². The predicted octanol–water partition coefficient (Wildman–Crippen LogP) is 7.37. The number of hydrogen-bond donors (Lipinski definition) is 3. The Bertz CT molecular complexity index is 649. The van der Waals surface area contributed by atoms with E-state index in [0.717, 1.165) is 38.5 Å². The van der Waals surface area contributed by atoms with Crippen LogP contribution in [0.15, 0.2) is 0 Å². The molecule has 0 radical (unpaired) electrons. The van der Waals surface area contributed by atoms with Crippen molar-refractivity contribution in [3.63, 3.8) is 0 Å². The third-order valence-corrected chi connectivity index (χ3v) is 7.77. The molecule has 0 aromatic heterocycles. The number of hydrogen-bond acceptors (Lipinski definition) is 7. The molecule has 0 aromatic carbocycles. The molecule has 10 heteroatoms. The lowest BCUT2D eigenvalue weighted by Gasteiger charge is -2.15. The van der Waals surface area contributed by atoms with Crippen LogP contribution in [0.4, 0.5) is 0 Å². The van der Waals surface area contributed by atoms with Gasteiger partial charge in [0.15, 0.2) is 0 Å². The maximum atomic E-state index is 11.9. The Kier molecular flexibility index (Phi) is 27.4. The molecule has 0 aliphatic carbocycles. The van der Waals surface area contributed by atoms with Gasteiger partial charge in [0.05, 0.1) is 13.2 Å². The maximum absolute atomic E-state index is 11.9. The Morgan fingerprint density at radius 1 is 0.675 bits per heavy atom. The first-order chi connectivity index (χ1) is 19.3. The number of carbonyl (C=O) groups is 2. The number of phosphoric acid groups is 1. The highest BCUT2D eigenvalue weighted by molar-refractivity contribution is 7.47. The van der Waals surface area contributed by atoms with Crippen molar-refractivity contribution in [3.05, 3.63) is 0 Å². The summed E-state index contributed by atoms with van der Waals surface area (Å²) in [7, 11) is -4.38. The average Bonchev–Trinajstić information content (AvgIpc) is 2.93. The van der Waals surface area contributed by atoms with E-state index in [1.54, 1.807) is 0 Å². The van der Waals surface area contributed by atoms with Gasteiger partial charge in [-0.15, -0.1) is 0 Å². The van der Waals surface area contributed by atoms with Gasteiger partial charge in [-0.1, -0.05) is 123 Å². The molecule has 2 atom stereocenters. The number of aliphatic hydroxyl groups excluding tert-OH is 1. The highest BCUT2D eigenvalue weighted by Gasteiger charge is 2.23. The normalized spacial score (nSPS) is 13.6. The standard InChI is InChI=1S/C30H60NO8P/c1-3-5-7-8-9-10-11-12-13-14-15-16-17-18-19-21-22-29(33)31-24-25-38-40(35,36)39-27-28(32)26-37-30(34)23-20-6-4-2/h28,32H,3-27H2,1-2H3,(H,31,33)(H,35,36). The molecule has 0 aliphatic heterocycles. The zero-order chi connectivity index (χ0) is 29.7. The number of unbranched alkanes of at least 4 members (excludes halogenated alkanes) is 17. The molecule has 0 bridgehead atoms. The van der Waals surface area contributed by atoms with Crippen molar-refractivity contribution >= 4 is 19.7 Å². The van der Waals surface area contributed by atoms with Crippen molar-refractivity contribution < 1.29 is 37.9 Å². The van der Waals surface area contributed by atoms with Crippen molar-refractivity contribution in [2.45, 2.75) is 155 Å². The minimum atomic E-state index is -4.38. The van der Waals surface area contributed by atoms with Crippen LogP contribution in [0.2, 0.25) is 0 Å². The van der Waals surface area contributed by atoms with E-state index in [-0.39, 0.29) is 32.1 Å². The van der Waals surface area contributed by atoms with Gasteiger partial charge in [-0.05, 0) is 12.8 Å². The summed E-state index contributed by atoms with van der Waals surface area (Å²) in [5, 5.41) is 12.4. The van der Waals surface area contributed by atoms with Gasteiger partial charge in [0.1, 0.15) is 12.7 Å². The molecular weight excluding hydrogens is 533 g/mol. The first-order valence-electron chi connectivity index (χ1n) is 16.0. The van der Waals surface area contributed by atoms with Gasteiger partial charge in [0.2, 0.25) is 5.91 Å². The molecule has 0 saturated heterocycles. The highest BCUT2D eigenvalue weighted by Crippen LogP contribution is 2.42. The smallest absolute Gasteiger partial charge is 0.463 e. The Labute approximate surface area is 244 Å². The van der Waals surface area contributed by atoms with E-state index in [4.69, 9.17) is 13.8 Å². The van der Waals surface area contributed by atoms with Gasteiger partial charge in [-0.3, -0.25) is 18.6 Å². The van der Waals surface area contributed by atoms with Gasteiger partial charge in [0.25, 0.3) is 0 Å². The molecule has 238 valence electrons. The number of rotatable bonds is 30. The third kappa shape index (κ3) is 28.5. The third-order valence-electron chi connectivity index (χ3n) is 6.79. The SMILES string of the molecule is CCCCCCCCCCCCCCCCCCC(=O)NCCOP(=O)(O)OCC(O)COC(=O)CCCCC. The lowest BCUT2D eigenvalue weighted by molar-refractivity contribution is -0.147. The monoisotopic (exact) mass is 593 g/mol. The summed E-state index contributed by atoms with van der Waals surface area (Å²) in [6.07, 6.45) is 22.6. The molecule has 9 nitrogen and oxygen atoms in total. The van der Waals surface area contributed by atoms with Crippen LogP contribution >= 0.6 is 7.82 Å². The van der Waals surface area contributed by atoms with E-state index in [0.29, 0.717) is 6.42 Å². The lowest BCUT2D eigenvalue weighted by atomic mass is 10.0. The fraction of sp³-hybridized carbons (Fsp3) is 0.933. The van der Waals surface area contributed by atoms with Crippen LogP contribution in [0.25, 0.3) is 0 Å². The molecule has 0 saturated carbocycles. The summed E-state index contributed by atoms with van der Waals surface area (Å²) in [5.41, 5.74) is 0. The van der Waals surface area contributed by atoms with Gasteiger partial charge in [-0.2, -0.15) is 0 Å². The van der Waals surface area contributed by atoms with Gasteiger partial charge in [-0.25, -0.2) is 4.57 Å². The zero-order valence-electron chi connectivity index (χ0n) is 25.5. The van der Waals surface area contributed by atoms with Gasteiger partial charge < -0.3 is 20.1 Å². The van der Waals surface area contributed by atoms with E-state index in [1.165, 1.54) is 83.5 Å². The van der Waals surface area contributed by atoms with Crippen molar-refractivity contribution in [2.75, 3.05) is 26.4 Å². The quantitative estimate of drug-likeness (QED) is 0.0447. The molecule has 0 fully saturated rings. The van der Waals surface area contributed by atoms with Crippen LogP contribution in [0.1, 0.15) is 149 Å². The van der Waals surface area contributed by atoms with E-state index in [2.05, 4.69) is 12.2 Å². The molecule has 3 N–H and O–H groups in total. The summed E-state index contributed by atoms with van der Waals surface area (Å²) in [6.45, 7) is 3.35. The number of phosphoric ester groups is 1. The van der Waals surface area contributed by atoms with Gasteiger partial charge in [0, 0.05) is 19.4 Å². The zero-order valence-corrected chi connectivity index (χ0v) is 26.4. The molecule has 0 aromatic rings. The van der Waals surface area contributed by atoms with E-state index in [9.17, 15) is 24.2 Å². The second kappa shape index (κ2) is 28.1. The first kappa shape index (κ1) is 39.0. The molecule has 0 heterocycles. The predicted molar refractivity (Wildman–Crippen MR) is 160 cm³/mol. The fourth-order valence-corrected chi connectivity index (χ4v) is 5.08. The van der Waals surface area contributed by atoms with Crippen molar-refractivity contribution in [1.82, 2.24) is 5.32 Å². The minimum Gasteiger partial charge on any atom is -0.463 e. The van der Waals surface area contributed by atoms with Crippen molar-refractivity contribution in [3.8, 4) is 0 Å². The molecule has 0 aliphatic rings. The first-order valence-corrected chi connectivity index (χ1v) is 17.5. The van der Waals surface area contributed by atoms with Crippen LogP contribution in [0, 0.1) is 0 Å². The van der Waals surface area contributed by atoms with Crippen LogP contribution in [-0.4, -0.2) is 54.3 Å². The molecule has 0 spiro atoms. The summed E-state index contributed by atoms with van der Waals surface area (Å²) >= 11 is 0. The van der Waals surface area contributed by atoms with Crippen LogP contribution in [0.5, 0.6) is 0 Å². The molecular formula is C30H60NO8P. The minimum absolute atomic E-state index is 0.0868. The molecule has 0 rings (SSSR count). The molecule has 40 heavy (non-hydrogen) atoms. The Morgan fingerprint density at radius 3 is 1.65 bits per heavy atom. The average molecular weight is 594 g/mol. The Hall–Kier alpha value is -0.990. The molecule has 1 amide bonds. The molecule has 2 unspecified atom stereocenters. The lowest BCUT2D eigenvalue weighted by Crippen LogP contribution is -2.27. The largest absolute Gasteiger partial charge is 0.472 e. The summed E-state index contributed by atoms with van der Waals surface area (Å²) in [6, 6.07) is 0. The number of nitrogens with one attached hydrogen (secondary N) is 1. The van der Waals surface area contributed by atoms with E-state index >= 15 is 0 Å². The summed E-state index contributed by atoms with van der Waals surface area (Å²) < 4.78 is 26.3. The number of carbonyl (C=O) groups excluding carboxylic acids is 2. The second-order valence-electron chi connectivity index (χ2n) is 10.8. The summed E-state index contributed by atoms with van der Waals surface area (Å²) in [5.74, 6) is -0.537. The second-order valence-corrected chi connectivity index (χ2v) is 12.2. The van der Waals surface area contributed by atoms with Crippen LogP contribution in [-0.2, 0) is 27.9 Å². The Balaban J connectivity index is 3.54. The number of amides is 1. The van der Waals surface area contributed by atoms with E-state index < -0.39 is 26.5 Å². The number of aliphatic hydroxyl groups is 1. The van der Waals surface area contributed by atoms with Gasteiger partial charge >= 0.3 is 13.8 Å². The fourth-order valence-electron chi connectivity index (χ4n) is 4.32. The highest BCUT2D eigenvalue weighted by atomic mass is 31.2. The van der Waals surface area contributed by atoms with Crippen LogP contribution < -0.4 is 5.32 Å². The maximum Gasteiger partial charge on any atom is 0.472 e. The summed E-state index contributed by atoms with van der Waals surface area (Å²) in [4.78, 5) is 33.1. The number of ether oxygens (including phenoxy) is 1. The van der Waals surface area contributed by atoms with E-state index in [1.807, 2.05) is 6.92 Å². The Morgan fingerprint density at radius 2 is 1.12 bits per heavy atom. The number of esters is 1. The topological polar surface area (TPSA) is 131 Å². The van der Waals surface area contributed by atoms with Crippen molar-refractivity contribution in [2.24, 2.45) is 0 Å².